The van der Waals surface area contributed by atoms with Crippen LogP contribution >= 0.6 is 11.6 Å². The molecule has 0 unspecified atom stereocenters. The van der Waals surface area contributed by atoms with E-state index in [2.05, 4.69) is 16.6 Å². The summed E-state index contributed by atoms with van der Waals surface area (Å²) in [7, 11) is 1.15. The third-order valence-corrected chi connectivity index (χ3v) is 3.63. The second-order valence-electron chi connectivity index (χ2n) is 6.73. The number of esters is 1. The van der Waals surface area contributed by atoms with Gasteiger partial charge in [0.1, 0.15) is 18.0 Å². The van der Waals surface area contributed by atoms with E-state index in [0.29, 0.717) is 6.42 Å². The minimum Gasteiger partial charge on any atom is -0.490 e. The van der Waals surface area contributed by atoms with Crippen LogP contribution in [0, 0.1) is 10.1 Å². The maximum Gasteiger partial charge on any atom is 0.408 e. The standard InChI is InChI=1S/C18H23ClN2O7/c1-6-7-12(20-17(23)28-18(2,3)4)10-27-14-9-11(16(22)26-5)8-13(15(14)19)21(24)25/h6,8-9,12H,1,7,10H2,2-5H3,(H,20,23)/t12-/m0/s1. The molecule has 0 aliphatic carbocycles. The number of nitro groups is 1. The lowest BCUT2D eigenvalue weighted by Gasteiger charge is -2.23. The zero-order valence-electron chi connectivity index (χ0n) is 16.1. The van der Waals surface area contributed by atoms with Gasteiger partial charge in [-0.25, -0.2) is 9.59 Å². The van der Waals surface area contributed by atoms with Crippen LogP contribution < -0.4 is 10.1 Å². The van der Waals surface area contributed by atoms with E-state index in [-0.39, 0.29) is 22.9 Å². The molecule has 0 aliphatic heterocycles. The van der Waals surface area contributed by atoms with Crippen molar-refractivity contribution in [3.63, 3.8) is 0 Å². The van der Waals surface area contributed by atoms with Gasteiger partial charge in [0.25, 0.3) is 5.69 Å². The van der Waals surface area contributed by atoms with Crippen LogP contribution in [0.1, 0.15) is 37.6 Å². The van der Waals surface area contributed by atoms with Crippen molar-refractivity contribution in [2.24, 2.45) is 0 Å². The molecule has 0 spiro atoms. The number of carbonyl (C=O) groups is 2. The van der Waals surface area contributed by atoms with E-state index in [0.717, 1.165) is 13.2 Å². The van der Waals surface area contributed by atoms with Crippen LogP contribution in [0.5, 0.6) is 5.75 Å². The lowest BCUT2D eigenvalue weighted by atomic mass is 10.2. The van der Waals surface area contributed by atoms with E-state index in [1.165, 1.54) is 6.07 Å². The van der Waals surface area contributed by atoms with Crippen LogP contribution in [0.25, 0.3) is 0 Å². The number of ether oxygens (including phenoxy) is 3. The molecule has 0 saturated heterocycles. The van der Waals surface area contributed by atoms with Gasteiger partial charge in [-0.1, -0.05) is 17.7 Å². The van der Waals surface area contributed by atoms with Gasteiger partial charge >= 0.3 is 12.1 Å². The van der Waals surface area contributed by atoms with Gasteiger partial charge in [0, 0.05) is 6.07 Å². The zero-order chi connectivity index (χ0) is 21.5. The van der Waals surface area contributed by atoms with E-state index >= 15 is 0 Å². The molecule has 1 N–H and O–H groups in total. The molecule has 0 fully saturated rings. The molecule has 0 aromatic heterocycles. The zero-order valence-corrected chi connectivity index (χ0v) is 16.9. The van der Waals surface area contributed by atoms with Gasteiger partial charge in [0.05, 0.1) is 23.6 Å². The molecule has 0 aliphatic rings. The first-order valence-corrected chi connectivity index (χ1v) is 8.65. The molecule has 1 aromatic carbocycles. The Morgan fingerprint density at radius 2 is 2.04 bits per heavy atom. The van der Waals surface area contributed by atoms with Crippen molar-refractivity contribution in [2.45, 2.75) is 38.8 Å². The molecule has 10 heteroatoms. The van der Waals surface area contributed by atoms with Crippen LogP contribution in [0.2, 0.25) is 5.02 Å². The summed E-state index contributed by atoms with van der Waals surface area (Å²) in [6.45, 7) is 8.70. The summed E-state index contributed by atoms with van der Waals surface area (Å²) < 4.78 is 15.3. The van der Waals surface area contributed by atoms with Crippen molar-refractivity contribution in [3.05, 3.63) is 45.5 Å². The largest absolute Gasteiger partial charge is 0.490 e. The van der Waals surface area contributed by atoms with Crippen LogP contribution in [-0.2, 0) is 9.47 Å². The predicted octanol–water partition coefficient (Wildman–Crippen LogP) is 3.88. The Labute approximate surface area is 167 Å². The Balaban J connectivity index is 3.01. The molecule has 0 heterocycles. The molecule has 0 saturated carbocycles. The topological polar surface area (TPSA) is 117 Å². The number of benzene rings is 1. The fraction of sp³-hybridized carbons (Fsp3) is 0.444. The summed E-state index contributed by atoms with van der Waals surface area (Å²) in [5.74, 6) is -0.865. The maximum absolute atomic E-state index is 11.9. The van der Waals surface area contributed by atoms with Crippen LogP contribution in [0.15, 0.2) is 24.8 Å². The van der Waals surface area contributed by atoms with Crippen molar-refractivity contribution < 1.29 is 28.7 Å². The van der Waals surface area contributed by atoms with Gasteiger partial charge in [0.2, 0.25) is 0 Å². The second-order valence-corrected chi connectivity index (χ2v) is 7.11. The first-order chi connectivity index (χ1) is 13.0. The number of alkyl carbamates (subject to hydrolysis) is 1. The maximum atomic E-state index is 11.9. The minimum absolute atomic E-state index is 0.0867. The van der Waals surface area contributed by atoms with Gasteiger partial charge in [-0.3, -0.25) is 10.1 Å². The van der Waals surface area contributed by atoms with E-state index in [9.17, 15) is 19.7 Å². The normalized spacial score (nSPS) is 11.9. The molecule has 1 aromatic rings. The molecule has 0 bridgehead atoms. The average Bonchev–Trinajstić information content (AvgIpc) is 2.58. The number of nitro benzene ring substituents is 1. The number of carbonyl (C=O) groups excluding carboxylic acids is 2. The van der Waals surface area contributed by atoms with E-state index in [1.807, 2.05) is 0 Å². The van der Waals surface area contributed by atoms with Crippen molar-refractivity contribution in [3.8, 4) is 5.75 Å². The molecular formula is C18H23ClN2O7. The minimum atomic E-state index is -0.779. The first kappa shape index (κ1) is 23.2. The van der Waals surface area contributed by atoms with Gasteiger partial charge in [0.15, 0.2) is 5.02 Å². The molecule has 9 nitrogen and oxygen atoms in total. The lowest BCUT2D eigenvalue weighted by molar-refractivity contribution is -0.384. The SMILES string of the molecule is C=CC[C@@H](COc1cc(C(=O)OC)cc([N+](=O)[O-])c1Cl)NC(=O)OC(C)(C)C. The fourth-order valence-corrected chi connectivity index (χ4v) is 2.32. The number of nitrogens with zero attached hydrogens (tertiary/aromatic N) is 1. The molecule has 1 atom stereocenters. The average molecular weight is 415 g/mol. The number of halogens is 1. The van der Waals surface area contributed by atoms with Crippen molar-refractivity contribution in [1.82, 2.24) is 5.32 Å². The third kappa shape index (κ3) is 7.07. The number of amides is 1. The third-order valence-electron chi connectivity index (χ3n) is 3.25. The summed E-state index contributed by atoms with van der Waals surface area (Å²) in [6, 6.07) is 1.70. The van der Waals surface area contributed by atoms with E-state index in [4.69, 9.17) is 21.1 Å². The summed E-state index contributed by atoms with van der Waals surface area (Å²) >= 11 is 6.03. The van der Waals surface area contributed by atoms with Crippen LogP contribution in [0.3, 0.4) is 0 Å². The van der Waals surface area contributed by atoms with Crippen molar-refractivity contribution in [2.75, 3.05) is 13.7 Å². The molecule has 1 amide bonds. The Morgan fingerprint density at radius 1 is 1.39 bits per heavy atom. The highest BCUT2D eigenvalue weighted by molar-refractivity contribution is 6.34. The van der Waals surface area contributed by atoms with Crippen molar-refractivity contribution >= 4 is 29.4 Å². The molecule has 1 rings (SSSR count). The summed E-state index contributed by atoms with van der Waals surface area (Å²) in [4.78, 5) is 34.1. The van der Waals surface area contributed by atoms with Crippen molar-refractivity contribution in [1.29, 1.82) is 0 Å². The van der Waals surface area contributed by atoms with Crippen LogP contribution in [-0.4, -0.2) is 42.3 Å². The fourth-order valence-electron chi connectivity index (χ4n) is 2.09. The quantitative estimate of drug-likeness (QED) is 0.297. The first-order valence-electron chi connectivity index (χ1n) is 8.28. The summed E-state index contributed by atoms with van der Waals surface area (Å²) in [5, 5.41) is 13.5. The molecule has 28 heavy (non-hydrogen) atoms. The number of rotatable bonds is 8. The van der Waals surface area contributed by atoms with Crippen LogP contribution in [0.4, 0.5) is 10.5 Å². The Hall–Kier alpha value is -2.81. The number of hydrogen-bond donors (Lipinski definition) is 1. The van der Waals surface area contributed by atoms with Gasteiger partial charge in [-0.2, -0.15) is 0 Å². The Kier molecular flexibility index (Phi) is 8.24. The highest BCUT2D eigenvalue weighted by atomic mass is 35.5. The monoisotopic (exact) mass is 414 g/mol. The highest BCUT2D eigenvalue weighted by Gasteiger charge is 2.24. The van der Waals surface area contributed by atoms with Gasteiger partial charge in [-0.05, 0) is 33.3 Å². The van der Waals surface area contributed by atoms with Gasteiger partial charge in [-0.15, -0.1) is 6.58 Å². The van der Waals surface area contributed by atoms with Gasteiger partial charge < -0.3 is 19.5 Å². The Morgan fingerprint density at radius 3 is 2.54 bits per heavy atom. The number of nitrogens with one attached hydrogen (secondary N) is 1. The number of methoxy groups -OCH3 is 1. The Bertz CT molecular complexity index is 759. The van der Waals surface area contributed by atoms with E-state index < -0.39 is 34.3 Å². The predicted molar refractivity (Wildman–Crippen MR) is 103 cm³/mol. The number of hydrogen-bond acceptors (Lipinski definition) is 7. The smallest absolute Gasteiger partial charge is 0.408 e. The lowest BCUT2D eigenvalue weighted by Crippen LogP contribution is -2.41. The van der Waals surface area contributed by atoms with E-state index in [1.54, 1.807) is 26.8 Å². The highest BCUT2D eigenvalue weighted by Crippen LogP contribution is 2.35. The summed E-state index contributed by atoms with van der Waals surface area (Å²) in [5.41, 5.74) is -1.27. The molecule has 0 radical (unpaired) electrons. The summed E-state index contributed by atoms with van der Waals surface area (Å²) in [6.07, 6.45) is 1.26. The molecular weight excluding hydrogens is 392 g/mol. The molecule has 154 valence electrons. The second kappa shape index (κ2) is 9.93.